The quantitative estimate of drug-likeness (QED) is 0.751. The second-order valence-corrected chi connectivity index (χ2v) is 6.82. The standard InChI is InChI=1S/C14H21N3O2S/c15-12(18)14(17-11-3-4-11)6-1-2-10(14)5-9-20-13-16-7-8-19-13/h7-8,10-11,17H,1-6,9H2,(H2,15,18). The Morgan fingerprint density at radius 3 is 3.05 bits per heavy atom. The van der Waals surface area contributed by atoms with Crippen LogP contribution in [0, 0.1) is 5.92 Å². The molecule has 3 N–H and O–H groups in total. The average molecular weight is 295 g/mol. The van der Waals surface area contributed by atoms with Crippen LogP contribution in [0.2, 0.25) is 0 Å². The molecule has 2 fully saturated rings. The highest BCUT2D eigenvalue weighted by Gasteiger charge is 2.49. The van der Waals surface area contributed by atoms with Crippen LogP contribution in [-0.4, -0.2) is 28.2 Å². The van der Waals surface area contributed by atoms with E-state index in [1.807, 2.05) is 0 Å². The van der Waals surface area contributed by atoms with Gasteiger partial charge in [-0.1, -0.05) is 18.2 Å². The average Bonchev–Trinajstić information content (AvgIpc) is 2.91. The van der Waals surface area contributed by atoms with Crippen molar-refractivity contribution < 1.29 is 9.21 Å². The third-order valence-corrected chi connectivity index (χ3v) is 5.29. The van der Waals surface area contributed by atoms with Gasteiger partial charge in [-0.05, 0) is 38.0 Å². The van der Waals surface area contributed by atoms with Crippen molar-refractivity contribution in [3.63, 3.8) is 0 Å². The summed E-state index contributed by atoms with van der Waals surface area (Å²) in [5, 5.41) is 4.23. The predicted octanol–water partition coefficient (Wildman–Crippen LogP) is 1.93. The molecule has 0 aliphatic heterocycles. The zero-order chi connectivity index (χ0) is 14.0. The molecule has 110 valence electrons. The molecule has 0 saturated heterocycles. The summed E-state index contributed by atoms with van der Waals surface area (Å²) in [5.41, 5.74) is 5.25. The molecular formula is C14H21N3O2S. The van der Waals surface area contributed by atoms with E-state index in [0.717, 1.165) is 31.4 Å². The van der Waals surface area contributed by atoms with Gasteiger partial charge in [-0.2, -0.15) is 0 Å². The van der Waals surface area contributed by atoms with Crippen molar-refractivity contribution in [2.75, 3.05) is 5.75 Å². The number of oxazole rings is 1. The van der Waals surface area contributed by atoms with Gasteiger partial charge in [-0.15, -0.1) is 0 Å². The summed E-state index contributed by atoms with van der Waals surface area (Å²) in [6.45, 7) is 0. The van der Waals surface area contributed by atoms with Crippen LogP contribution in [0.15, 0.2) is 22.1 Å². The monoisotopic (exact) mass is 295 g/mol. The maximum atomic E-state index is 12.0. The lowest BCUT2D eigenvalue weighted by Crippen LogP contribution is -2.58. The number of carbonyl (C=O) groups is 1. The van der Waals surface area contributed by atoms with Gasteiger partial charge in [0.15, 0.2) is 0 Å². The topological polar surface area (TPSA) is 81.2 Å². The molecule has 2 unspecified atom stereocenters. The lowest BCUT2D eigenvalue weighted by Gasteiger charge is -2.34. The Labute approximate surface area is 123 Å². The van der Waals surface area contributed by atoms with Crippen molar-refractivity contribution >= 4 is 17.7 Å². The molecule has 1 aromatic rings. The number of hydrogen-bond donors (Lipinski definition) is 2. The van der Waals surface area contributed by atoms with Crippen molar-refractivity contribution in [2.45, 2.75) is 55.3 Å². The Hall–Kier alpha value is -1.01. The highest BCUT2D eigenvalue weighted by molar-refractivity contribution is 7.99. The van der Waals surface area contributed by atoms with Gasteiger partial charge in [-0.25, -0.2) is 4.98 Å². The lowest BCUT2D eigenvalue weighted by molar-refractivity contribution is -0.126. The van der Waals surface area contributed by atoms with E-state index in [0.29, 0.717) is 17.2 Å². The van der Waals surface area contributed by atoms with E-state index in [9.17, 15) is 4.79 Å². The molecule has 6 heteroatoms. The molecule has 5 nitrogen and oxygen atoms in total. The smallest absolute Gasteiger partial charge is 0.255 e. The highest BCUT2D eigenvalue weighted by atomic mass is 32.2. The van der Waals surface area contributed by atoms with Crippen LogP contribution in [0.25, 0.3) is 0 Å². The van der Waals surface area contributed by atoms with E-state index in [4.69, 9.17) is 10.2 Å². The number of rotatable bonds is 7. The summed E-state index contributed by atoms with van der Waals surface area (Å²) in [4.78, 5) is 16.1. The first-order chi connectivity index (χ1) is 9.71. The fourth-order valence-electron chi connectivity index (χ4n) is 3.22. The number of amides is 1. The molecule has 20 heavy (non-hydrogen) atoms. The Balaban J connectivity index is 1.59. The van der Waals surface area contributed by atoms with Crippen LogP contribution in [0.1, 0.15) is 38.5 Å². The van der Waals surface area contributed by atoms with E-state index in [2.05, 4.69) is 10.3 Å². The van der Waals surface area contributed by atoms with Gasteiger partial charge in [0.2, 0.25) is 5.91 Å². The fourth-order valence-corrected chi connectivity index (χ4v) is 4.05. The van der Waals surface area contributed by atoms with Crippen molar-refractivity contribution in [3.8, 4) is 0 Å². The van der Waals surface area contributed by atoms with E-state index < -0.39 is 5.54 Å². The number of thioether (sulfide) groups is 1. The van der Waals surface area contributed by atoms with Crippen molar-refractivity contribution in [1.29, 1.82) is 0 Å². The Morgan fingerprint density at radius 2 is 2.40 bits per heavy atom. The van der Waals surface area contributed by atoms with Crippen molar-refractivity contribution in [1.82, 2.24) is 10.3 Å². The van der Waals surface area contributed by atoms with Gasteiger partial charge >= 0.3 is 0 Å². The van der Waals surface area contributed by atoms with Crippen LogP contribution in [0.5, 0.6) is 0 Å². The van der Waals surface area contributed by atoms with E-state index in [-0.39, 0.29) is 5.91 Å². The molecule has 2 aliphatic rings. The van der Waals surface area contributed by atoms with Gasteiger partial charge < -0.3 is 15.5 Å². The molecule has 2 saturated carbocycles. The third-order valence-electron chi connectivity index (χ3n) is 4.40. The molecular weight excluding hydrogens is 274 g/mol. The highest BCUT2D eigenvalue weighted by Crippen LogP contribution is 2.41. The molecule has 2 atom stereocenters. The Morgan fingerprint density at radius 1 is 1.55 bits per heavy atom. The summed E-state index contributed by atoms with van der Waals surface area (Å²) in [6, 6.07) is 0.502. The molecule has 0 aromatic carbocycles. The predicted molar refractivity (Wildman–Crippen MR) is 77.3 cm³/mol. The van der Waals surface area contributed by atoms with Crippen LogP contribution in [0.3, 0.4) is 0 Å². The zero-order valence-electron chi connectivity index (χ0n) is 11.5. The number of nitrogens with zero attached hydrogens (tertiary/aromatic N) is 1. The number of hydrogen-bond acceptors (Lipinski definition) is 5. The lowest BCUT2D eigenvalue weighted by atomic mass is 9.84. The molecule has 1 aromatic heterocycles. The van der Waals surface area contributed by atoms with E-state index in [1.165, 1.54) is 12.8 Å². The van der Waals surface area contributed by atoms with Crippen molar-refractivity contribution in [2.24, 2.45) is 11.7 Å². The maximum Gasteiger partial charge on any atom is 0.255 e. The number of carbonyl (C=O) groups excluding carboxylic acids is 1. The summed E-state index contributed by atoms with van der Waals surface area (Å²) >= 11 is 1.60. The minimum absolute atomic E-state index is 0.173. The Kier molecular flexibility index (Phi) is 4.03. The fraction of sp³-hybridized carbons (Fsp3) is 0.714. The zero-order valence-corrected chi connectivity index (χ0v) is 12.3. The summed E-state index contributed by atoms with van der Waals surface area (Å²) in [7, 11) is 0. The van der Waals surface area contributed by atoms with Gasteiger partial charge in [-0.3, -0.25) is 4.79 Å². The molecule has 3 rings (SSSR count). The first-order valence-electron chi connectivity index (χ1n) is 7.30. The molecule has 1 heterocycles. The second-order valence-electron chi connectivity index (χ2n) is 5.78. The molecule has 0 radical (unpaired) electrons. The molecule has 2 aliphatic carbocycles. The van der Waals surface area contributed by atoms with E-state index >= 15 is 0 Å². The third kappa shape index (κ3) is 2.86. The molecule has 0 bridgehead atoms. The summed E-state index contributed by atoms with van der Waals surface area (Å²) < 4.78 is 5.22. The van der Waals surface area contributed by atoms with Gasteiger partial charge in [0, 0.05) is 11.8 Å². The number of primary amides is 1. The van der Waals surface area contributed by atoms with Gasteiger partial charge in [0.05, 0.1) is 6.20 Å². The molecule has 1 amide bonds. The maximum absolute atomic E-state index is 12.0. The minimum Gasteiger partial charge on any atom is -0.440 e. The number of aromatic nitrogens is 1. The SMILES string of the molecule is NC(=O)C1(NC2CC2)CCCC1CCSc1ncco1. The van der Waals surface area contributed by atoms with Gasteiger partial charge in [0.25, 0.3) is 5.22 Å². The minimum atomic E-state index is -0.474. The van der Waals surface area contributed by atoms with Gasteiger partial charge in [0.1, 0.15) is 11.8 Å². The number of nitrogens with one attached hydrogen (secondary N) is 1. The van der Waals surface area contributed by atoms with Crippen LogP contribution < -0.4 is 11.1 Å². The normalized spacial score (nSPS) is 29.7. The first kappa shape index (κ1) is 13.9. The Bertz CT molecular complexity index is 461. The molecule has 0 spiro atoms. The van der Waals surface area contributed by atoms with Crippen molar-refractivity contribution in [3.05, 3.63) is 12.5 Å². The second kappa shape index (κ2) is 5.77. The van der Waals surface area contributed by atoms with Crippen LogP contribution in [0.4, 0.5) is 0 Å². The first-order valence-corrected chi connectivity index (χ1v) is 8.29. The van der Waals surface area contributed by atoms with Crippen LogP contribution in [-0.2, 0) is 4.79 Å². The summed E-state index contributed by atoms with van der Waals surface area (Å²) in [5.74, 6) is 1.07. The largest absolute Gasteiger partial charge is 0.440 e. The summed E-state index contributed by atoms with van der Waals surface area (Å²) in [6.07, 6.45) is 9.59. The number of nitrogens with two attached hydrogens (primary N) is 1. The van der Waals surface area contributed by atoms with E-state index in [1.54, 1.807) is 24.2 Å². The van der Waals surface area contributed by atoms with Crippen LogP contribution >= 0.6 is 11.8 Å².